The first kappa shape index (κ1) is 12.5. The molecular formula is C16H16N2O2. The maximum atomic E-state index is 12.5. The Hall–Kier alpha value is -2.49. The summed E-state index contributed by atoms with van der Waals surface area (Å²) < 4.78 is 5.89. The van der Waals surface area contributed by atoms with Crippen molar-refractivity contribution in [2.45, 2.75) is 0 Å². The molecule has 0 radical (unpaired) electrons. The molecule has 0 aliphatic carbocycles. The van der Waals surface area contributed by atoms with Crippen LogP contribution in [-0.2, 0) is 0 Å². The van der Waals surface area contributed by atoms with Crippen LogP contribution in [0.2, 0.25) is 0 Å². The Balaban J connectivity index is 2.38. The predicted octanol–water partition coefficient (Wildman–Crippen LogP) is 3.05. The fourth-order valence-corrected chi connectivity index (χ4v) is 2.27. The molecule has 102 valence electrons. The lowest BCUT2D eigenvalue weighted by Crippen LogP contribution is -2.09. The van der Waals surface area contributed by atoms with Gasteiger partial charge in [0.1, 0.15) is 11.2 Å². The zero-order chi connectivity index (χ0) is 14.3. The topological polar surface area (TPSA) is 45.5 Å². The van der Waals surface area contributed by atoms with E-state index in [0.717, 1.165) is 11.4 Å². The third kappa shape index (κ3) is 1.90. The lowest BCUT2D eigenvalue weighted by Gasteiger charge is -2.12. The fourth-order valence-electron chi connectivity index (χ4n) is 2.27. The summed E-state index contributed by atoms with van der Waals surface area (Å²) in [7, 11) is 5.75. The predicted molar refractivity (Wildman–Crippen MR) is 83.9 cm³/mol. The van der Waals surface area contributed by atoms with E-state index in [0.29, 0.717) is 21.9 Å². The van der Waals surface area contributed by atoms with Gasteiger partial charge >= 0.3 is 0 Å². The second-order valence-electron chi connectivity index (χ2n) is 4.97. The molecule has 1 aromatic heterocycles. The number of nitrogens with zero attached hydrogens (tertiary/aromatic N) is 1. The summed E-state index contributed by atoms with van der Waals surface area (Å²) in [4.78, 5) is 14.5. The van der Waals surface area contributed by atoms with Crippen LogP contribution in [-0.4, -0.2) is 21.1 Å². The summed E-state index contributed by atoms with van der Waals surface area (Å²) in [5.74, 6) is 0. The number of rotatable bonds is 2. The van der Waals surface area contributed by atoms with E-state index >= 15 is 0 Å². The average Bonchev–Trinajstić information content (AvgIpc) is 2.46. The van der Waals surface area contributed by atoms with Crippen LogP contribution in [0, 0.1) is 0 Å². The molecule has 0 saturated carbocycles. The smallest absolute Gasteiger partial charge is 0.200 e. The Kier molecular flexibility index (Phi) is 2.86. The molecule has 20 heavy (non-hydrogen) atoms. The minimum Gasteiger partial charge on any atom is -0.456 e. The molecule has 3 aromatic rings. The highest BCUT2D eigenvalue weighted by molar-refractivity contribution is 5.92. The average molecular weight is 268 g/mol. The van der Waals surface area contributed by atoms with Crippen molar-refractivity contribution in [1.82, 2.24) is 0 Å². The van der Waals surface area contributed by atoms with Gasteiger partial charge in [0.25, 0.3) is 0 Å². The van der Waals surface area contributed by atoms with Crippen LogP contribution in [0.1, 0.15) is 0 Å². The zero-order valence-corrected chi connectivity index (χ0v) is 11.7. The van der Waals surface area contributed by atoms with Crippen molar-refractivity contribution in [3.63, 3.8) is 0 Å². The van der Waals surface area contributed by atoms with Crippen molar-refractivity contribution in [3.05, 3.63) is 46.6 Å². The van der Waals surface area contributed by atoms with E-state index in [2.05, 4.69) is 5.32 Å². The number of anilines is 2. The Morgan fingerprint density at radius 1 is 1.00 bits per heavy atom. The monoisotopic (exact) mass is 268 g/mol. The first-order chi connectivity index (χ1) is 9.60. The molecule has 1 heterocycles. The minimum atomic E-state index is 0.00853. The molecule has 1 N–H and O–H groups in total. The van der Waals surface area contributed by atoms with Gasteiger partial charge in [-0.1, -0.05) is 0 Å². The van der Waals surface area contributed by atoms with E-state index in [-0.39, 0.29) is 5.43 Å². The Bertz CT molecular complexity index is 850. The van der Waals surface area contributed by atoms with E-state index in [1.807, 2.05) is 56.4 Å². The quantitative estimate of drug-likeness (QED) is 0.726. The Morgan fingerprint density at radius 2 is 1.65 bits per heavy atom. The summed E-state index contributed by atoms with van der Waals surface area (Å²) in [5, 5.41) is 4.26. The van der Waals surface area contributed by atoms with E-state index in [9.17, 15) is 4.79 Å². The molecule has 4 nitrogen and oxygen atoms in total. The number of nitrogens with one attached hydrogen (secondary N) is 1. The molecule has 0 aliphatic heterocycles. The van der Waals surface area contributed by atoms with E-state index < -0.39 is 0 Å². The van der Waals surface area contributed by atoms with Crippen molar-refractivity contribution in [3.8, 4) is 0 Å². The van der Waals surface area contributed by atoms with Crippen LogP contribution in [0.15, 0.2) is 45.6 Å². The number of hydrogen-bond acceptors (Lipinski definition) is 4. The van der Waals surface area contributed by atoms with Crippen molar-refractivity contribution >= 4 is 33.3 Å². The van der Waals surface area contributed by atoms with Gasteiger partial charge in [0.05, 0.1) is 10.8 Å². The van der Waals surface area contributed by atoms with Crippen molar-refractivity contribution in [1.29, 1.82) is 0 Å². The van der Waals surface area contributed by atoms with Crippen LogP contribution in [0.3, 0.4) is 0 Å². The molecule has 0 atom stereocenters. The van der Waals surface area contributed by atoms with Crippen molar-refractivity contribution in [2.75, 3.05) is 31.4 Å². The number of fused-ring (bicyclic) bond motifs is 2. The molecule has 0 aliphatic rings. The SMILES string of the molecule is CNc1ccc2c(=O)c3ccc(N(C)C)cc3oc2c1. The summed E-state index contributed by atoms with van der Waals surface area (Å²) >= 11 is 0. The standard InChI is InChI=1S/C16H16N2O2/c1-17-10-4-6-12-14(8-10)20-15-9-11(18(2)3)5-7-13(15)16(12)19/h4-9,17H,1-3H3. The first-order valence-corrected chi connectivity index (χ1v) is 6.46. The zero-order valence-electron chi connectivity index (χ0n) is 11.7. The molecular weight excluding hydrogens is 252 g/mol. The minimum absolute atomic E-state index is 0.00853. The van der Waals surface area contributed by atoms with E-state index in [1.54, 1.807) is 6.07 Å². The van der Waals surface area contributed by atoms with Gasteiger partial charge in [0.2, 0.25) is 5.43 Å². The summed E-state index contributed by atoms with van der Waals surface area (Å²) in [6.07, 6.45) is 0. The van der Waals surface area contributed by atoms with E-state index in [4.69, 9.17) is 4.42 Å². The third-order valence-corrected chi connectivity index (χ3v) is 3.46. The molecule has 0 spiro atoms. The molecule has 3 rings (SSSR count). The van der Waals surface area contributed by atoms with Crippen LogP contribution in [0.5, 0.6) is 0 Å². The first-order valence-electron chi connectivity index (χ1n) is 6.46. The second-order valence-corrected chi connectivity index (χ2v) is 4.97. The van der Waals surface area contributed by atoms with Crippen LogP contribution in [0.4, 0.5) is 11.4 Å². The fraction of sp³-hybridized carbons (Fsp3) is 0.188. The Labute approximate surface area is 116 Å². The highest BCUT2D eigenvalue weighted by Crippen LogP contribution is 2.24. The van der Waals surface area contributed by atoms with Gasteiger partial charge in [0.15, 0.2) is 0 Å². The Morgan fingerprint density at radius 3 is 2.30 bits per heavy atom. The highest BCUT2D eigenvalue weighted by atomic mass is 16.3. The maximum absolute atomic E-state index is 12.5. The van der Waals surface area contributed by atoms with Crippen LogP contribution >= 0.6 is 0 Å². The lowest BCUT2D eigenvalue weighted by atomic mass is 10.1. The molecule has 0 saturated heterocycles. The highest BCUT2D eigenvalue weighted by Gasteiger charge is 2.09. The molecule has 0 bridgehead atoms. The maximum Gasteiger partial charge on any atom is 0.200 e. The third-order valence-electron chi connectivity index (χ3n) is 3.46. The number of benzene rings is 2. The molecule has 0 fully saturated rings. The van der Waals surface area contributed by atoms with E-state index in [1.165, 1.54) is 0 Å². The lowest BCUT2D eigenvalue weighted by molar-refractivity contribution is 0.660. The van der Waals surface area contributed by atoms with Gasteiger partial charge < -0.3 is 14.6 Å². The van der Waals surface area contributed by atoms with Gasteiger partial charge in [-0.25, -0.2) is 0 Å². The van der Waals surface area contributed by atoms with Gasteiger partial charge in [-0.05, 0) is 24.3 Å². The summed E-state index contributed by atoms with van der Waals surface area (Å²) in [6.45, 7) is 0. The largest absolute Gasteiger partial charge is 0.456 e. The van der Waals surface area contributed by atoms with Gasteiger partial charge in [-0.15, -0.1) is 0 Å². The summed E-state index contributed by atoms with van der Waals surface area (Å²) in [6, 6.07) is 11.2. The van der Waals surface area contributed by atoms with Crippen molar-refractivity contribution in [2.24, 2.45) is 0 Å². The molecule has 0 amide bonds. The van der Waals surface area contributed by atoms with Crippen molar-refractivity contribution < 1.29 is 4.42 Å². The normalized spacial score (nSPS) is 10.9. The number of hydrogen-bond donors (Lipinski definition) is 1. The van der Waals surface area contributed by atoms with Gasteiger partial charge in [-0.3, -0.25) is 4.79 Å². The second kappa shape index (κ2) is 4.56. The van der Waals surface area contributed by atoms with Gasteiger partial charge in [-0.2, -0.15) is 0 Å². The summed E-state index contributed by atoms with van der Waals surface area (Å²) in [5.41, 5.74) is 3.15. The van der Waals surface area contributed by atoms with Gasteiger partial charge in [0, 0.05) is 44.7 Å². The molecule has 0 unspecified atom stereocenters. The molecule has 4 heteroatoms. The van der Waals surface area contributed by atoms with Crippen LogP contribution < -0.4 is 15.6 Å². The van der Waals surface area contributed by atoms with Crippen LogP contribution in [0.25, 0.3) is 21.9 Å². The molecule has 2 aromatic carbocycles.